The Morgan fingerprint density at radius 1 is 1.19 bits per heavy atom. The molecule has 0 aliphatic rings. The van der Waals surface area contributed by atoms with Crippen LogP contribution in [0.5, 0.6) is 0 Å². The molecule has 0 spiro atoms. The summed E-state index contributed by atoms with van der Waals surface area (Å²) in [4.78, 5) is 29.2. The summed E-state index contributed by atoms with van der Waals surface area (Å²) >= 11 is 3.28. The van der Waals surface area contributed by atoms with Crippen LogP contribution in [-0.2, 0) is 21.8 Å². The van der Waals surface area contributed by atoms with Gasteiger partial charge in [-0.2, -0.15) is 0 Å². The van der Waals surface area contributed by atoms with E-state index in [1.54, 1.807) is 35.2 Å². The van der Waals surface area contributed by atoms with Gasteiger partial charge in [0.25, 0.3) is 0 Å². The molecular weight excluding hydrogens is 386 g/mol. The second-order valence-corrected chi connectivity index (χ2v) is 7.61. The lowest BCUT2D eigenvalue weighted by atomic mass is 10.2. The SMILES string of the molecule is COC(=O)c1ccoc1COC(=O)c1ccc(SCc2csc(C)n2)cc1. The summed E-state index contributed by atoms with van der Waals surface area (Å²) in [6.07, 6.45) is 1.35. The molecule has 0 atom stereocenters. The quantitative estimate of drug-likeness (QED) is 0.425. The summed E-state index contributed by atoms with van der Waals surface area (Å²) in [5.74, 6) is 0.00412. The standard InChI is InChI=1S/C19H17NO5S2/c1-12-20-14(10-26-12)11-27-15-5-3-13(4-6-15)18(21)25-9-17-16(7-8-24-17)19(22)23-2/h3-8,10H,9,11H2,1-2H3. The van der Waals surface area contributed by atoms with Crippen LogP contribution in [-0.4, -0.2) is 24.0 Å². The second kappa shape index (κ2) is 8.88. The van der Waals surface area contributed by atoms with Gasteiger partial charge < -0.3 is 13.9 Å². The Hall–Kier alpha value is -2.58. The highest BCUT2D eigenvalue weighted by molar-refractivity contribution is 7.98. The molecule has 0 saturated heterocycles. The molecule has 0 fully saturated rings. The van der Waals surface area contributed by atoms with Gasteiger partial charge in [-0.05, 0) is 37.3 Å². The van der Waals surface area contributed by atoms with E-state index in [1.807, 2.05) is 24.4 Å². The Balaban J connectivity index is 1.54. The molecule has 0 radical (unpaired) electrons. The summed E-state index contributed by atoms with van der Waals surface area (Å²) in [5.41, 5.74) is 1.72. The van der Waals surface area contributed by atoms with Crippen molar-refractivity contribution >= 4 is 35.0 Å². The van der Waals surface area contributed by atoms with Gasteiger partial charge in [-0.3, -0.25) is 0 Å². The number of carbonyl (C=O) groups is 2. The molecule has 0 unspecified atom stereocenters. The maximum absolute atomic E-state index is 12.2. The number of aryl methyl sites for hydroxylation is 1. The van der Waals surface area contributed by atoms with Gasteiger partial charge in [0.2, 0.25) is 0 Å². The van der Waals surface area contributed by atoms with E-state index in [0.717, 1.165) is 21.3 Å². The van der Waals surface area contributed by atoms with E-state index in [1.165, 1.54) is 19.4 Å². The summed E-state index contributed by atoms with van der Waals surface area (Å²) in [6, 6.07) is 8.63. The summed E-state index contributed by atoms with van der Waals surface area (Å²) < 4.78 is 15.1. The first kappa shape index (κ1) is 19.2. The van der Waals surface area contributed by atoms with Crippen LogP contribution in [0.25, 0.3) is 0 Å². The first-order valence-corrected chi connectivity index (χ1v) is 9.89. The maximum Gasteiger partial charge on any atom is 0.341 e. The van der Waals surface area contributed by atoms with Gasteiger partial charge in [0, 0.05) is 16.0 Å². The zero-order chi connectivity index (χ0) is 19.2. The monoisotopic (exact) mass is 403 g/mol. The molecule has 6 nitrogen and oxygen atoms in total. The van der Waals surface area contributed by atoms with Gasteiger partial charge in [-0.15, -0.1) is 23.1 Å². The Kier molecular flexibility index (Phi) is 6.31. The van der Waals surface area contributed by atoms with Crippen molar-refractivity contribution in [3.63, 3.8) is 0 Å². The zero-order valence-corrected chi connectivity index (χ0v) is 16.4. The number of thiazole rings is 1. The van der Waals surface area contributed by atoms with Crippen LogP contribution >= 0.6 is 23.1 Å². The number of methoxy groups -OCH3 is 1. The molecule has 27 heavy (non-hydrogen) atoms. The Morgan fingerprint density at radius 2 is 1.96 bits per heavy atom. The highest BCUT2D eigenvalue weighted by Crippen LogP contribution is 2.24. The second-order valence-electron chi connectivity index (χ2n) is 5.50. The number of benzene rings is 1. The van der Waals surface area contributed by atoms with E-state index < -0.39 is 11.9 Å². The van der Waals surface area contributed by atoms with E-state index >= 15 is 0 Å². The van der Waals surface area contributed by atoms with Crippen LogP contribution < -0.4 is 0 Å². The number of carbonyl (C=O) groups excluding carboxylic acids is 2. The molecule has 0 bridgehead atoms. The number of thioether (sulfide) groups is 1. The third-order valence-electron chi connectivity index (χ3n) is 3.63. The number of esters is 2. The number of hydrogen-bond donors (Lipinski definition) is 0. The maximum atomic E-state index is 12.2. The fourth-order valence-electron chi connectivity index (χ4n) is 2.28. The molecule has 0 N–H and O–H groups in total. The largest absolute Gasteiger partial charge is 0.465 e. The number of nitrogens with zero attached hydrogens (tertiary/aromatic N) is 1. The lowest BCUT2D eigenvalue weighted by molar-refractivity contribution is 0.0432. The number of aromatic nitrogens is 1. The normalized spacial score (nSPS) is 10.6. The predicted molar refractivity (Wildman–Crippen MR) is 102 cm³/mol. The van der Waals surface area contributed by atoms with Crippen LogP contribution in [0.2, 0.25) is 0 Å². The molecule has 0 aliphatic heterocycles. The van der Waals surface area contributed by atoms with Crippen LogP contribution in [0.1, 0.15) is 37.2 Å². The summed E-state index contributed by atoms with van der Waals surface area (Å²) in [6.45, 7) is 1.84. The van der Waals surface area contributed by atoms with Gasteiger partial charge in [-0.1, -0.05) is 0 Å². The van der Waals surface area contributed by atoms with Crippen molar-refractivity contribution < 1.29 is 23.5 Å². The fraction of sp³-hybridized carbons (Fsp3) is 0.211. The van der Waals surface area contributed by atoms with Crippen molar-refractivity contribution in [1.82, 2.24) is 4.98 Å². The minimum absolute atomic E-state index is 0.143. The molecule has 8 heteroatoms. The molecule has 140 valence electrons. The highest BCUT2D eigenvalue weighted by Gasteiger charge is 2.17. The zero-order valence-electron chi connectivity index (χ0n) is 14.8. The Labute approximate surface area is 164 Å². The van der Waals surface area contributed by atoms with E-state index in [9.17, 15) is 9.59 Å². The number of furan rings is 1. The third kappa shape index (κ3) is 4.99. The van der Waals surface area contributed by atoms with Gasteiger partial charge in [0.05, 0.1) is 29.6 Å². The number of rotatable bonds is 7. The summed E-state index contributed by atoms with van der Waals surface area (Å²) in [5, 5.41) is 3.10. The Bertz CT molecular complexity index is 930. The van der Waals surface area contributed by atoms with Gasteiger partial charge >= 0.3 is 11.9 Å². The molecule has 3 aromatic rings. The first-order valence-electron chi connectivity index (χ1n) is 8.02. The van der Waals surface area contributed by atoms with Crippen LogP contribution in [0.3, 0.4) is 0 Å². The average Bonchev–Trinajstić information content (AvgIpc) is 3.33. The van der Waals surface area contributed by atoms with E-state index in [4.69, 9.17) is 9.15 Å². The summed E-state index contributed by atoms with van der Waals surface area (Å²) in [7, 11) is 1.28. The van der Waals surface area contributed by atoms with Gasteiger partial charge in [0.15, 0.2) is 12.4 Å². The lowest BCUT2D eigenvalue weighted by Crippen LogP contribution is -2.08. The van der Waals surface area contributed by atoms with E-state index in [-0.39, 0.29) is 17.9 Å². The molecule has 2 heterocycles. The molecular formula is C19H17NO5S2. The molecule has 2 aromatic heterocycles. The topological polar surface area (TPSA) is 78.6 Å². The average molecular weight is 403 g/mol. The van der Waals surface area contributed by atoms with Crippen molar-refractivity contribution in [1.29, 1.82) is 0 Å². The molecule has 1 aromatic carbocycles. The van der Waals surface area contributed by atoms with Crippen molar-refractivity contribution in [2.75, 3.05) is 7.11 Å². The van der Waals surface area contributed by atoms with Crippen molar-refractivity contribution in [3.05, 3.63) is 69.6 Å². The lowest BCUT2D eigenvalue weighted by Gasteiger charge is -2.05. The van der Waals surface area contributed by atoms with Crippen molar-refractivity contribution in [2.45, 2.75) is 24.2 Å². The molecule has 0 amide bonds. The number of ether oxygens (including phenoxy) is 2. The van der Waals surface area contributed by atoms with E-state index in [0.29, 0.717) is 5.56 Å². The minimum Gasteiger partial charge on any atom is -0.465 e. The van der Waals surface area contributed by atoms with Crippen molar-refractivity contribution in [2.24, 2.45) is 0 Å². The predicted octanol–water partition coefficient (Wildman–Crippen LogP) is 4.48. The van der Waals surface area contributed by atoms with Crippen LogP contribution in [0, 0.1) is 6.92 Å². The van der Waals surface area contributed by atoms with Gasteiger partial charge in [0.1, 0.15) is 5.56 Å². The van der Waals surface area contributed by atoms with E-state index in [2.05, 4.69) is 9.72 Å². The number of hydrogen-bond acceptors (Lipinski definition) is 8. The minimum atomic E-state index is -0.536. The smallest absolute Gasteiger partial charge is 0.341 e. The Morgan fingerprint density at radius 3 is 2.63 bits per heavy atom. The van der Waals surface area contributed by atoms with Crippen LogP contribution in [0.4, 0.5) is 0 Å². The highest BCUT2D eigenvalue weighted by atomic mass is 32.2. The van der Waals surface area contributed by atoms with Gasteiger partial charge in [-0.25, -0.2) is 14.6 Å². The molecule has 3 rings (SSSR count). The van der Waals surface area contributed by atoms with Crippen LogP contribution in [0.15, 0.2) is 51.3 Å². The first-order chi connectivity index (χ1) is 13.1. The third-order valence-corrected chi connectivity index (χ3v) is 5.50. The molecule has 0 saturated carbocycles. The molecule has 0 aliphatic carbocycles. The fourth-order valence-corrected chi connectivity index (χ4v) is 3.79. The van der Waals surface area contributed by atoms with Crippen molar-refractivity contribution in [3.8, 4) is 0 Å².